The predicted molar refractivity (Wildman–Crippen MR) is 97.0 cm³/mol. The molecule has 0 saturated heterocycles. The first-order chi connectivity index (χ1) is 11.5. The third-order valence-corrected chi connectivity index (χ3v) is 6.62. The van der Waals surface area contributed by atoms with Crippen LogP contribution in [0.4, 0.5) is 0 Å². The van der Waals surface area contributed by atoms with E-state index in [1.807, 2.05) is 30.3 Å². The molecule has 0 fully saturated rings. The molecule has 3 rings (SSSR count). The molecule has 1 atom stereocenters. The van der Waals surface area contributed by atoms with Crippen LogP contribution in [0, 0.1) is 0 Å². The molecule has 0 saturated carbocycles. The van der Waals surface area contributed by atoms with Crippen LogP contribution in [0.25, 0.3) is 0 Å². The summed E-state index contributed by atoms with van der Waals surface area (Å²) in [4.78, 5) is 0. The third kappa shape index (κ3) is 3.38. The second-order valence-corrected chi connectivity index (χ2v) is 8.48. The van der Waals surface area contributed by atoms with Gasteiger partial charge >= 0.3 is 0 Å². The van der Waals surface area contributed by atoms with Gasteiger partial charge in [-0.05, 0) is 36.0 Å². The van der Waals surface area contributed by atoms with Crippen LogP contribution >= 0.6 is 0 Å². The van der Waals surface area contributed by atoms with Crippen LogP contribution in [0.1, 0.15) is 29.2 Å². The lowest BCUT2D eigenvalue weighted by molar-refractivity contribution is 0.276. The van der Waals surface area contributed by atoms with Crippen molar-refractivity contribution in [2.24, 2.45) is 0 Å². The summed E-state index contributed by atoms with van der Waals surface area (Å²) in [7, 11) is -0.227. The summed E-state index contributed by atoms with van der Waals surface area (Å²) in [6.45, 7) is 0.539. The van der Waals surface area contributed by atoms with E-state index >= 15 is 0 Å². The van der Waals surface area contributed by atoms with Crippen molar-refractivity contribution < 1.29 is 8.42 Å². The summed E-state index contributed by atoms with van der Waals surface area (Å²) in [5.41, 5.74) is 3.65. The zero-order valence-corrected chi connectivity index (χ0v) is 15.0. The fourth-order valence-electron chi connectivity index (χ4n) is 3.36. The number of hydrogen-bond acceptors (Lipinski definition) is 2. The van der Waals surface area contributed by atoms with Gasteiger partial charge in [0.25, 0.3) is 10.2 Å². The number of nitrogens with zero attached hydrogens (tertiary/aromatic N) is 2. The highest BCUT2D eigenvalue weighted by molar-refractivity contribution is 7.86. The molecule has 1 aliphatic heterocycles. The topological polar surface area (TPSA) is 40.6 Å². The lowest BCUT2D eigenvalue weighted by atomic mass is 9.90. The van der Waals surface area contributed by atoms with Crippen molar-refractivity contribution >= 4 is 10.2 Å². The van der Waals surface area contributed by atoms with Crippen molar-refractivity contribution in [2.75, 3.05) is 20.6 Å². The Morgan fingerprint density at radius 1 is 1.04 bits per heavy atom. The number of benzene rings is 2. The monoisotopic (exact) mass is 344 g/mol. The van der Waals surface area contributed by atoms with Gasteiger partial charge in [-0.3, -0.25) is 0 Å². The molecule has 0 amide bonds. The predicted octanol–water partition coefficient (Wildman–Crippen LogP) is 3.03. The van der Waals surface area contributed by atoms with E-state index in [4.69, 9.17) is 0 Å². The van der Waals surface area contributed by atoms with E-state index in [1.165, 1.54) is 15.4 Å². The quantitative estimate of drug-likeness (QED) is 0.836. The Hall–Kier alpha value is -1.69. The van der Waals surface area contributed by atoms with E-state index in [-0.39, 0.29) is 6.04 Å². The van der Waals surface area contributed by atoms with Crippen molar-refractivity contribution in [3.63, 3.8) is 0 Å². The summed E-state index contributed by atoms with van der Waals surface area (Å²) in [6, 6.07) is 18.4. The van der Waals surface area contributed by atoms with Gasteiger partial charge in [0.15, 0.2) is 0 Å². The highest BCUT2D eigenvalue weighted by Gasteiger charge is 2.36. The van der Waals surface area contributed by atoms with Crippen LogP contribution in [-0.2, 0) is 23.1 Å². The van der Waals surface area contributed by atoms with Gasteiger partial charge in [0, 0.05) is 20.6 Å². The lowest BCUT2D eigenvalue weighted by Crippen LogP contribution is -2.45. The zero-order valence-electron chi connectivity index (χ0n) is 14.2. The minimum atomic E-state index is -3.43. The number of hydrogen-bond donors (Lipinski definition) is 0. The Kier molecular flexibility index (Phi) is 5.04. The summed E-state index contributed by atoms with van der Waals surface area (Å²) < 4.78 is 28.5. The minimum absolute atomic E-state index is 0.109. The van der Waals surface area contributed by atoms with Crippen molar-refractivity contribution in [2.45, 2.75) is 25.3 Å². The Labute approximate surface area is 144 Å². The lowest BCUT2D eigenvalue weighted by Gasteiger charge is -2.37. The SMILES string of the molecule is CN(C)S(=O)(=O)N1CCc2ccccc2C1CCc1ccccc1. The minimum Gasteiger partial charge on any atom is -0.195 e. The summed E-state index contributed by atoms with van der Waals surface area (Å²) >= 11 is 0. The highest BCUT2D eigenvalue weighted by atomic mass is 32.2. The van der Waals surface area contributed by atoms with E-state index < -0.39 is 10.2 Å². The smallest absolute Gasteiger partial charge is 0.195 e. The van der Waals surface area contributed by atoms with Crippen molar-refractivity contribution in [3.05, 3.63) is 71.3 Å². The molecule has 0 aromatic heterocycles. The average Bonchev–Trinajstić information content (AvgIpc) is 2.60. The number of rotatable bonds is 5. The maximum absolute atomic E-state index is 12.8. The van der Waals surface area contributed by atoms with Gasteiger partial charge in [-0.25, -0.2) is 0 Å². The van der Waals surface area contributed by atoms with Gasteiger partial charge in [0.1, 0.15) is 0 Å². The molecule has 5 heteroatoms. The molecule has 1 aliphatic rings. The molecule has 2 aromatic carbocycles. The van der Waals surface area contributed by atoms with Crippen LogP contribution in [0.5, 0.6) is 0 Å². The van der Waals surface area contributed by atoms with E-state index in [2.05, 4.69) is 24.3 Å². The van der Waals surface area contributed by atoms with Gasteiger partial charge in [0.2, 0.25) is 0 Å². The molecule has 4 nitrogen and oxygen atoms in total. The van der Waals surface area contributed by atoms with Crippen LogP contribution < -0.4 is 0 Å². The Bertz CT molecular complexity index is 788. The molecule has 2 aromatic rings. The second-order valence-electron chi connectivity index (χ2n) is 6.39. The van der Waals surface area contributed by atoms with Gasteiger partial charge in [-0.1, -0.05) is 54.6 Å². The zero-order chi connectivity index (χ0) is 17.2. The molecule has 128 valence electrons. The van der Waals surface area contributed by atoms with E-state index in [0.717, 1.165) is 24.8 Å². The largest absolute Gasteiger partial charge is 0.282 e. The van der Waals surface area contributed by atoms with Crippen LogP contribution in [0.3, 0.4) is 0 Å². The number of fused-ring (bicyclic) bond motifs is 1. The fourth-order valence-corrected chi connectivity index (χ4v) is 4.64. The standard InChI is InChI=1S/C19H24N2O2S/c1-20(2)24(22,23)21-15-14-17-10-6-7-11-18(17)19(21)13-12-16-8-4-3-5-9-16/h3-11,19H,12-15H2,1-2H3. The molecule has 0 spiro atoms. The first kappa shape index (κ1) is 17.1. The van der Waals surface area contributed by atoms with Gasteiger partial charge in [-0.2, -0.15) is 17.0 Å². The fraction of sp³-hybridized carbons (Fsp3) is 0.368. The van der Waals surface area contributed by atoms with Crippen molar-refractivity contribution in [1.29, 1.82) is 0 Å². The van der Waals surface area contributed by atoms with E-state index in [0.29, 0.717) is 6.54 Å². The second kappa shape index (κ2) is 7.05. The Balaban J connectivity index is 1.92. The van der Waals surface area contributed by atoms with Crippen LogP contribution in [-0.4, -0.2) is 37.7 Å². The van der Waals surface area contributed by atoms with Crippen LogP contribution in [0.2, 0.25) is 0 Å². The molecule has 24 heavy (non-hydrogen) atoms. The molecule has 0 bridgehead atoms. The first-order valence-electron chi connectivity index (χ1n) is 8.31. The molecular formula is C19H24N2O2S. The van der Waals surface area contributed by atoms with Crippen molar-refractivity contribution in [1.82, 2.24) is 8.61 Å². The number of aryl methyl sites for hydroxylation is 1. The van der Waals surface area contributed by atoms with E-state index in [1.54, 1.807) is 18.4 Å². The van der Waals surface area contributed by atoms with Gasteiger partial charge < -0.3 is 0 Å². The molecule has 1 unspecified atom stereocenters. The molecule has 0 aliphatic carbocycles. The maximum atomic E-state index is 12.8. The van der Waals surface area contributed by atoms with Crippen LogP contribution in [0.15, 0.2) is 54.6 Å². The normalized spacial score (nSPS) is 18.5. The average molecular weight is 344 g/mol. The first-order valence-corrected chi connectivity index (χ1v) is 9.71. The Morgan fingerprint density at radius 2 is 1.71 bits per heavy atom. The van der Waals surface area contributed by atoms with E-state index in [9.17, 15) is 8.42 Å². The molecule has 0 radical (unpaired) electrons. The maximum Gasteiger partial charge on any atom is 0.282 e. The molecule has 0 N–H and O–H groups in total. The Morgan fingerprint density at radius 3 is 2.42 bits per heavy atom. The van der Waals surface area contributed by atoms with Crippen molar-refractivity contribution in [3.8, 4) is 0 Å². The molecular weight excluding hydrogens is 320 g/mol. The summed E-state index contributed by atoms with van der Waals surface area (Å²) in [5, 5.41) is 0. The van der Waals surface area contributed by atoms with Gasteiger partial charge in [0.05, 0.1) is 6.04 Å². The summed E-state index contributed by atoms with van der Waals surface area (Å²) in [6.07, 6.45) is 2.42. The summed E-state index contributed by atoms with van der Waals surface area (Å²) in [5.74, 6) is 0. The third-order valence-electron chi connectivity index (χ3n) is 4.67. The molecule has 1 heterocycles. The highest BCUT2D eigenvalue weighted by Crippen LogP contribution is 2.35. The van der Waals surface area contributed by atoms with Gasteiger partial charge in [-0.15, -0.1) is 0 Å².